The maximum absolute atomic E-state index is 12.0. The lowest BCUT2D eigenvalue weighted by Crippen LogP contribution is -2.23. The van der Waals surface area contributed by atoms with Gasteiger partial charge in [0.25, 0.3) is 0 Å². The lowest BCUT2D eigenvalue weighted by Gasteiger charge is -2.06. The molecule has 1 N–H and O–H groups in total. The molecule has 0 fully saturated rings. The van der Waals surface area contributed by atoms with E-state index in [0.29, 0.717) is 40.4 Å². The molecule has 25 heavy (non-hydrogen) atoms. The monoisotopic (exact) mass is 375 g/mol. The molecule has 0 aliphatic carbocycles. The van der Waals surface area contributed by atoms with Crippen molar-refractivity contribution in [3.05, 3.63) is 70.0 Å². The van der Waals surface area contributed by atoms with E-state index in [-0.39, 0.29) is 12.3 Å². The zero-order valence-corrected chi connectivity index (χ0v) is 14.7. The Hall–Kier alpha value is -2.37. The smallest absolute Gasteiger partial charge is 0.249 e. The van der Waals surface area contributed by atoms with Gasteiger partial charge in [-0.05, 0) is 23.8 Å². The number of benzene rings is 2. The fourth-order valence-electron chi connectivity index (χ4n) is 2.24. The van der Waals surface area contributed by atoms with Crippen LogP contribution in [0.1, 0.15) is 17.9 Å². The number of nitrogens with one attached hydrogen (secondary N) is 1. The molecule has 1 aromatic heterocycles. The number of hydrogen-bond acceptors (Lipinski definition) is 4. The predicted octanol–water partition coefficient (Wildman–Crippen LogP) is 4.29. The number of hydrogen-bond donors (Lipinski definition) is 1. The molecule has 0 aliphatic heterocycles. The molecular weight excluding hydrogens is 361 g/mol. The highest BCUT2D eigenvalue weighted by atomic mass is 35.5. The summed E-state index contributed by atoms with van der Waals surface area (Å²) in [5.41, 5.74) is 1.54. The average molecular weight is 376 g/mol. The Balaban J connectivity index is 1.53. The molecule has 7 heteroatoms. The minimum absolute atomic E-state index is 0.114. The summed E-state index contributed by atoms with van der Waals surface area (Å²) in [7, 11) is 0. The summed E-state index contributed by atoms with van der Waals surface area (Å²) in [5, 5.41) is 11.9. The lowest BCUT2D eigenvalue weighted by molar-refractivity contribution is -0.121. The number of halogens is 2. The topological polar surface area (TPSA) is 68.0 Å². The van der Waals surface area contributed by atoms with E-state index in [4.69, 9.17) is 27.6 Å². The number of amides is 1. The summed E-state index contributed by atoms with van der Waals surface area (Å²) < 4.78 is 5.58. The molecule has 3 rings (SSSR count). The predicted molar refractivity (Wildman–Crippen MR) is 96.4 cm³/mol. The van der Waals surface area contributed by atoms with Crippen molar-refractivity contribution >= 4 is 29.1 Å². The van der Waals surface area contributed by atoms with Gasteiger partial charge in [-0.1, -0.05) is 53.5 Å². The van der Waals surface area contributed by atoms with Gasteiger partial charge in [-0.15, -0.1) is 10.2 Å². The summed E-state index contributed by atoms with van der Waals surface area (Å²) >= 11 is 12.2. The molecule has 0 radical (unpaired) electrons. The molecule has 0 atom stereocenters. The molecule has 0 spiro atoms. The average Bonchev–Trinajstić information content (AvgIpc) is 3.08. The molecular formula is C18H15Cl2N3O2. The first-order valence-electron chi connectivity index (χ1n) is 7.71. The van der Waals surface area contributed by atoms with Crippen molar-refractivity contribution in [1.82, 2.24) is 15.5 Å². The van der Waals surface area contributed by atoms with Gasteiger partial charge in [-0.2, -0.15) is 0 Å². The van der Waals surface area contributed by atoms with E-state index in [2.05, 4.69) is 15.5 Å². The SMILES string of the molecule is O=C(CCc1nnc(-c2ccccc2Cl)o1)NCc1ccccc1Cl. The van der Waals surface area contributed by atoms with Crippen LogP contribution in [0.2, 0.25) is 10.0 Å². The van der Waals surface area contributed by atoms with Crippen LogP contribution in [0.3, 0.4) is 0 Å². The number of rotatable bonds is 6. The lowest BCUT2D eigenvalue weighted by atomic mass is 10.2. The van der Waals surface area contributed by atoms with Crippen LogP contribution in [-0.2, 0) is 17.8 Å². The summed E-state index contributed by atoms with van der Waals surface area (Å²) in [6.45, 7) is 0.382. The fourth-order valence-corrected chi connectivity index (χ4v) is 2.66. The number of nitrogens with zero attached hydrogens (tertiary/aromatic N) is 2. The van der Waals surface area contributed by atoms with Gasteiger partial charge in [-0.3, -0.25) is 4.79 Å². The standard InChI is InChI=1S/C18H15Cl2N3O2/c19-14-7-3-1-5-12(14)11-21-16(24)9-10-17-22-23-18(25-17)13-6-2-4-8-15(13)20/h1-8H,9-11H2,(H,21,24). The van der Waals surface area contributed by atoms with Gasteiger partial charge in [0.05, 0.1) is 10.6 Å². The van der Waals surface area contributed by atoms with E-state index >= 15 is 0 Å². The van der Waals surface area contributed by atoms with Gasteiger partial charge >= 0.3 is 0 Å². The molecule has 2 aromatic carbocycles. The van der Waals surface area contributed by atoms with Crippen molar-refractivity contribution in [1.29, 1.82) is 0 Å². The Morgan fingerprint density at radius 3 is 2.48 bits per heavy atom. The Morgan fingerprint density at radius 2 is 1.72 bits per heavy atom. The highest BCUT2D eigenvalue weighted by molar-refractivity contribution is 6.33. The van der Waals surface area contributed by atoms with Crippen LogP contribution in [0.15, 0.2) is 52.9 Å². The third-order valence-corrected chi connectivity index (χ3v) is 4.27. The molecule has 0 unspecified atom stereocenters. The first kappa shape index (κ1) is 17.5. The van der Waals surface area contributed by atoms with Crippen LogP contribution >= 0.6 is 23.2 Å². The summed E-state index contributed by atoms with van der Waals surface area (Å²) in [6, 6.07) is 14.6. The maximum Gasteiger partial charge on any atom is 0.249 e. The largest absolute Gasteiger partial charge is 0.421 e. The van der Waals surface area contributed by atoms with Gasteiger partial charge in [0.1, 0.15) is 0 Å². The highest BCUT2D eigenvalue weighted by Crippen LogP contribution is 2.26. The number of aryl methyl sites for hydroxylation is 1. The summed E-state index contributed by atoms with van der Waals surface area (Å²) in [4.78, 5) is 12.0. The van der Waals surface area contributed by atoms with Crippen molar-refractivity contribution in [2.75, 3.05) is 0 Å². The third kappa shape index (κ3) is 4.59. The van der Waals surface area contributed by atoms with E-state index in [0.717, 1.165) is 5.56 Å². The van der Waals surface area contributed by atoms with Crippen LogP contribution < -0.4 is 5.32 Å². The second kappa shape index (κ2) is 8.14. The zero-order chi connectivity index (χ0) is 17.6. The molecule has 1 amide bonds. The quantitative estimate of drug-likeness (QED) is 0.697. The van der Waals surface area contributed by atoms with Crippen LogP contribution in [0.4, 0.5) is 0 Å². The van der Waals surface area contributed by atoms with Gasteiger partial charge in [-0.25, -0.2) is 0 Å². The molecule has 0 bridgehead atoms. The molecule has 5 nitrogen and oxygen atoms in total. The van der Waals surface area contributed by atoms with Crippen molar-refractivity contribution in [2.24, 2.45) is 0 Å². The van der Waals surface area contributed by atoms with E-state index in [1.807, 2.05) is 30.3 Å². The van der Waals surface area contributed by atoms with Crippen LogP contribution in [0.5, 0.6) is 0 Å². The van der Waals surface area contributed by atoms with Crippen molar-refractivity contribution in [2.45, 2.75) is 19.4 Å². The van der Waals surface area contributed by atoms with E-state index < -0.39 is 0 Å². The van der Waals surface area contributed by atoms with E-state index in [1.165, 1.54) is 0 Å². The molecule has 3 aromatic rings. The zero-order valence-electron chi connectivity index (χ0n) is 13.2. The first-order valence-corrected chi connectivity index (χ1v) is 8.46. The summed E-state index contributed by atoms with van der Waals surface area (Å²) in [5.74, 6) is 0.623. The minimum Gasteiger partial charge on any atom is -0.421 e. The van der Waals surface area contributed by atoms with Gasteiger partial charge in [0.2, 0.25) is 17.7 Å². The van der Waals surface area contributed by atoms with Crippen LogP contribution in [-0.4, -0.2) is 16.1 Å². The Kier molecular flexibility index (Phi) is 5.68. The molecule has 0 aliphatic rings. The van der Waals surface area contributed by atoms with Gasteiger partial charge in [0.15, 0.2) is 0 Å². The second-order valence-corrected chi connectivity index (χ2v) is 6.16. The van der Waals surface area contributed by atoms with Crippen molar-refractivity contribution in [3.8, 4) is 11.5 Å². The number of carbonyl (C=O) groups is 1. The number of carbonyl (C=O) groups excluding carboxylic acids is 1. The van der Waals surface area contributed by atoms with E-state index in [9.17, 15) is 4.79 Å². The maximum atomic E-state index is 12.0. The third-order valence-electron chi connectivity index (χ3n) is 3.57. The molecule has 1 heterocycles. The first-order chi connectivity index (χ1) is 12.1. The molecule has 128 valence electrons. The van der Waals surface area contributed by atoms with Crippen molar-refractivity contribution in [3.63, 3.8) is 0 Å². The Morgan fingerprint density at radius 1 is 1.00 bits per heavy atom. The van der Waals surface area contributed by atoms with Crippen LogP contribution in [0.25, 0.3) is 11.5 Å². The molecule has 0 saturated heterocycles. The Bertz CT molecular complexity index is 880. The van der Waals surface area contributed by atoms with Crippen molar-refractivity contribution < 1.29 is 9.21 Å². The molecule has 0 saturated carbocycles. The van der Waals surface area contributed by atoms with Gasteiger partial charge < -0.3 is 9.73 Å². The number of aromatic nitrogens is 2. The Labute approximate surface area is 155 Å². The van der Waals surface area contributed by atoms with Gasteiger partial charge in [0, 0.05) is 24.4 Å². The normalized spacial score (nSPS) is 10.6. The second-order valence-electron chi connectivity index (χ2n) is 5.35. The highest BCUT2D eigenvalue weighted by Gasteiger charge is 2.12. The van der Waals surface area contributed by atoms with E-state index in [1.54, 1.807) is 18.2 Å². The minimum atomic E-state index is -0.114. The summed E-state index contributed by atoms with van der Waals surface area (Å²) in [6.07, 6.45) is 0.598. The van der Waals surface area contributed by atoms with Crippen LogP contribution in [0, 0.1) is 0 Å². The fraction of sp³-hybridized carbons (Fsp3) is 0.167.